The quantitative estimate of drug-likeness (QED) is 0.140. The first kappa shape index (κ1) is 32.2. The van der Waals surface area contributed by atoms with E-state index in [9.17, 15) is 40.2 Å². The highest BCUT2D eigenvalue weighted by molar-refractivity contribution is 7.10. The number of carbonyl (C=O) groups excluding carboxylic acids is 1. The fourth-order valence-corrected chi connectivity index (χ4v) is 6.58. The molecular formula is C32H22N6O10S. The van der Waals surface area contributed by atoms with Crippen LogP contribution in [0.5, 0.6) is 11.5 Å². The van der Waals surface area contributed by atoms with Crippen LogP contribution in [0.4, 0.5) is 22.9 Å². The number of hydrogen-bond donors (Lipinski definition) is 2. The van der Waals surface area contributed by atoms with Crippen LogP contribution in [-0.4, -0.2) is 45.6 Å². The Bertz CT molecular complexity index is 2280. The summed E-state index contributed by atoms with van der Waals surface area (Å²) in [5.74, 6) is -3.25. The van der Waals surface area contributed by atoms with Crippen LogP contribution in [0, 0.1) is 37.5 Å². The number of furan rings is 1. The van der Waals surface area contributed by atoms with E-state index in [2.05, 4.69) is 10.3 Å². The SMILES string of the molecule is COc1ccc(N=c2sc3c(n2-c2ccc(OC)cc2[N+](=O)[O-])NC(=O)C(C#N)C3c2ccc(-c3ccc(C(=O)O)cc3)o2)c([N+](=O)[O-])c1. The summed E-state index contributed by atoms with van der Waals surface area (Å²) < 4.78 is 17.8. The van der Waals surface area contributed by atoms with Crippen LogP contribution in [-0.2, 0) is 4.79 Å². The van der Waals surface area contributed by atoms with Crippen LogP contribution in [0.2, 0.25) is 0 Å². The Balaban J connectivity index is 1.62. The van der Waals surface area contributed by atoms with Gasteiger partial charge in [0.05, 0.1) is 58.6 Å². The molecule has 0 bridgehead atoms. The van der Waals surface area contributed by atoms with Crippen molar-refractivity contribution in [3.05, 3.63) is 114 Å². The minimum absolute atomic E-state index is 0.00791. The van der Waals surface area contributed by atoms with Crippen LogP contribution < -0.4 is 19.6 Å². The third-order valence-electron chi connectivity index (χ3n) is 7.69. The molecule has 6 rings (SSSR count). The number of carboxylic acids is 1. The normalized spacial score (nSPS) is 15.5. The highest BCUT2D eigenvalue weighted by Crippen LogP contribution is 2.45. The monoisotopic (exact) mass is 682 g/mol. The zero-order chi connectivity index (χ0) is 35.0. The number of nitrogens with zero attached hydrogens (tertiary/aromatic N) is 5. The molecule has 1 aliphatic rings. The molecule has 17 heteroatoms. The summed E-state index contributed by atoms with van der Waals surface area (Å²) in [7, 11) is 2.69. The second-order valence-corrected chi connectivity index (χ2v) is 11.4. The minimum Gasteiger partial charge on any atom is -0.496 e. The average Bonchev–Trinajstić information content (AvgIpc) is 3.72. The predicted molar refractivity (Wildman–Crippen MR) is 172 cm³/mol. The average molecular weight is 683 g/mol. The first-order valence-corrected chi connectivity index (χ1v) is 15.0. The molecule has 0 saturated carbocycles. The minimum atomic E-state index is -1.32. The lowest BCUT2D eigenvalue weighted by Crippen LogP contribution is -2.33. The van der Waals surface area contributed by atoms with Crippen molar-refractivity contribution in [2.75, 3.05) is 19.5 Å². The summed E-state index contributed by atoms with van der Waals surface area (Å²) in [6.45, 7) is 0. The predicted octanol–water partition coefficient (Wildman–Crippen LogP) is 5.79. The number of aromatic nitrogens is 1. The number of nitro benzene ring substituents is 2. The van der Waals surface area contributed by atoms with Gasteiger partial charge in [0.1, 0.15) is 46.1 Å². The highest BCUT2D eigenvalue weighted by Gasteiger charge is 2.43. The van der Waals surface area contributed by atoms with Gasteiger partial charge in [-0.25, -0.2) is 9.79 Å². The van der Waals surface area contributed by atoms with E-state index in [1.54, 1.807) is 24.3 Å². The Hall–Kier alpha value is -6.80. The number of carboxylic acid groups (broad SMARTS) is 1. The van der Waals surface area contributed by atoms with Gasteiger partial charge in [-0.2, -0.15) is 5.26 Å². The van der Waals surface area contributed by atoms with Gasteiger partial charge in [0, 0.05) is 5.56 Å². The van der Waals surface area contributed by atoms with Gasteiger partial charge in [0.15, 0.2) is 4.80 Å². The largest absolute Gasteiger partial charge is 0.496 e. The molecule has 2 atom stereocenters. The van der Waals surface area contributed by atoms with E-state index in [1.807, 2.05) is 6.07 Å². The molecule has 3 heterocycles. The molecule has 2 unspecified atom stereocenters. The van der Waals surface area contributed by atoms with Gasteiger partial charge in [-0.05, 0) is 48.5 Å². The fourth-order valence-electron chi connectivity index (χ4n) is 5.34. The smallest absolute Gasteiger partial charge is 0.335 e. The molecule has 0 aliphatic carbocycles. The van der Waals surface area contributed by atoms with E-state index < -0.39 is 44.9 Å². The molecule has 0 saturated heterocycles. The van der Waals surface area contributed by atoms with Crippen LogP contribution >= 0.6 is 11.3 Å². The Morgan fingerprint density at radius 2 is 1.65 bits per heavy atom. The van der Waals surface area contributed by atoms with Crippen molar-refractivity contribution in [3.8, 4) is 34.6 Å². The Kier molecular flexibility index (Phi) is 8.38. The maximum atomic E-state index is 13.5. The number of aromatic carboxylic acids is 1. The van der Waals surface area contributed by atoms with Gasteiger partial charge in [0.25, 0.3) is 11.4 Å². The number of hydrogen-bond acceptors (Lipinski definition) is 12. The number of thiazole rings is 1. The van der Waals surface area contributed by atoms with Crippen LogP contribution in [0.25, 0.3) is 17.0 Å². The number of benzene rings is 3. The summed E-state index contributed by atoms with van der Waals surface area (Å²) in [5.41, 5.74) is -0.406. The second-order valence-electron chi connectivity index (χ2n) is 10.4. The summed E-state index contributed by atoms with van der Waals surface area (Å²) in [6, 6.07) is 19.1. The summed E-state index contributed by atoms with van der Waals surface area (Å²) in [4.78, 5) is 52.7. The molecule has 2 N–H and O–H groups in total. The van der Waals surface area contributed by atoms with E-state index in [-0.39, 0.29) is 44.8 Å². The van der Waals surface area contributed by atoms with Gasteiger partial charge < -0.3 is 24.3 Å². The molecule has 49 heavy (non-hydrogen) atoms. The molecule has 1 amide bonds. The summed E-state index contributed by atoms with van der Waals surface area (Å²) in [6.07, 6.45) is 0. The zero-order valence-corrected chi connectivity index (χ0v) is 26.2. The second kappa shape index (κ2) is 12.8. The van der Waals surface area contributed by atoms with Gasteiger partial charge in [-0.1, -0.05) is 23.5 Å². The molecule has 0 radical (unpaired) electrons. The van der Waals surface area contributed by atoms with Crippen molar-refractivity contribution in [1.29, 1.82) is 5.26 Å². The first-order chi connectivity index (χ1) is 23.5. The lowest BCUT2D eigenvalue weighted by Gasteiger charge is -2.26. The van der Waals surface area contributed by atoms with Crippen molar-refractivity contribution in [2.45, 2.75) is 5.92 Å². The van der Waals surface area contributed by atoms with E-state index in [1.165, 1.54) is 67.3 Å². The molecule has 16 nitrogen and oxygen atoms in total. The standard InChI is InChI=1S/C32H22N6O10S/c1-46-18-7-9-21(23(13-18)37(42)43)34-32-36(22-10-8-19(47-2)14-24(22)38(44)45)29-28(49-32)27(20(15-33)30(39)35-29)26-12-11-25(48-26)16-3-5-17(6-4-16)31(40)41/h3-14,20,27H,1-2H3,(H,35,39)(H,40,41). The summed E-state index contributed by atoms with van der Waals surface area (Å²) >= 11 is 0.944. The zero-order valence-electron chi connectivity index (χ0n) is 25.3. The molecule has 0 fully saturated rings. The molecule has 3 aromatic carbocycles. The highest BCUT2D eigenvalue weighted by atomic mass is 32.1. The third kappa shape index (κ3) is 5.83. The van der Waals surface area contributed by atoms with Crippen molar-refractivity contribution >= 4 is 46.1 Å². The lowest BCUT2D eigenvalue weighted by molar-refractivity contribution is -0.384. The number of amides is 1. The number of rotatable bonds is 9. The van der Waals surface area contributed by atoms with Gasteiger partial charge in [0.2, 0.25) is 5.91 Å². The maximum Gasteiger partial charge on any atom is 0.335 e. The van der Waals surface area contributed by atoms with Crippen molar-refractivity contribution in [1.82, 2.24) is 4.57 Å². The van der Waals surface area contributed by atoms with Crippen LogP contribution in [0.15, 0.2) is 82.2 Å². The van der Waals surface area contributed by atoms with Crippen molar-refractivity contribution < 1.29 is 38.4 Å². The Morgan fingerprint density at radius 1 is 1.00 bits per heavy atom. The van der Waals surface area contributed by atoms with E-state index >= 15 is 0 Å². The number of fused-ring (bicyclic) bond motifs is 1. The van der Waals surface area contributed by atoms with E-state index in [0.29, 0.717) is 16.2 Å². The first-order valence-electron chi connectivity index (χ1n) is 14.1. The van der Waals surface area contributed by atoms with Crippen LogP contribution in [0.3, 0.4) is 0 Å². The molecule has 0 spiro atoms. The Labute approximate surface area is 279 Å². The molecule has 2 aromatic heterocycles. The molecule has 246 valence electrons. The summed E-state index contributed by atoms with van der Waals surface area (Å²) in [5, 5.41) is 46.4. The number of ether oxygens (including phenoxy) is 2. The van der Waals surface area contributed by atoms with E-state index in [4.69, 9.17) is 13.9 Å². The number of methoxy groups -OCH3 is 2. The molecular weight excluding hydrogens is 660 g/mol. The number of carbonyl (C=O) groups is 2. The maximum absolute atomic E-state index is 13.5. The lowest BCUT2D eigenvalue weighted by atomic mass is 9.86. The van der Waals surface area contributed by atoms with Gasteiger partial charge in [-0.3, -0.25) is 29.6 Å². The van der Waals surface area contributed by atoms with Crippen molar-refractivity contribution in [2.24, 2.45) is 10.9 Å². The fraction of sp³-hybridized carbons (Fsp3) is 0.125. The number of anilines is 1. The van der Waals surface area contributed by atoms with Gasteiger partial charge in [-0.15, -0.1) is 0 Å². The van der Waals surface area contributed by atoms with Crippen molar-refractivity contribution in [3.63, 3.8) is 0 Å². The van der Waals surface area contributed by atoms with E-state index in [0.717, 1.165) is 11.3 Å². The number of nitriles is 1. The number of nitro groups is 2. The Morgan fingerprint density at radius 3 is 2.27 bits per heavy atom. The van der Waals surface area contributed by atoms with Gasteiger partial charge >= 0.3 is 5.97 Å². The topological polar surface area (TPSA) is 225 Å². The third-order valence-corrected chi connectivity index (χ3v) is 8.82. The van der Waals surface area contributed by atoms with Crippen LogP contribution in [0.1, 0.15) is 26.9 Å². The molecule has 1 aliphatic heterocycles. The number of nitrogens with one attached hydrogen (secondary N) is 1. The molecule has 5 aromatic rings.